The van der Waals surface area contributed by atoms with Crippen LogP contribution in [0.1, 0.15) is 11.8 Å². The van der Waals surface area contributed by atoms with Crippen LogP contribution in [-0.2, 0) is 5.60 Å². The average Bonchev–Trinajstić information content (AvgIpc) is 2.47. The van der Waals surface area contributed by atoms with Crippen molar-refractivity contribution in [1.82, 2.24) is 0 Å². The van der Waals surface area contributed by atoms with Gasteiger partial charge in [0.1, 0.15) is 5.60 Å². The van der Waals surface area contributed by atoms with Crippen molar-refractivity contribution in [3.05, 3.63) is 15.4 Å². The number of hydrogen-bond acceptors (Lipinski definition) is 4. The smallest absolute Gasteiger partial charge is 0.188 e. The molecule has 1 aromatic rings. The molecule has 1 aromatic heterocycles. The highest BCUT2D eigenvalue weighted by Gasteiger charge is 2.24. The molecular formula is C8H12BrNO2S. The van der Waals surface area contributed by atoms with Crippen LogP contribution in [0.3, 0.4) is 0 Å². The van der Waals surface area contributed by atoms with Gasteiger partial charge in [0.25, 0.3) is 0 Å². The summed E-state index contributed by atoms with van der Waals surface area (Å²) in [4.78, 5) is 0.804. The summed E-state index contributed by atoms with van der Waals surface area (Å²) >= 11 is 4.72. The van der Waals surface area contributed by atoms with Crippen molar-refractivity contribution in [3.8, 4) is 5.06 Å². The number of aliphatic hydroxyl groups is 1. The summed E-state index contributed by atoms with van der Waals surface area (Å²) in [6.45, 7) is 1.88. The van der Waals surface area contributed by atoms with E-state index >= 15 is 0 Å². The molecule has 5 heteroatoms. The first-order chi connectivity index (χ1) is 6.01. The van der Waals surface area contributed by atoms with Crippen LogP contribution in [0.4, 0.5) is 0 Å². The first kappa shape index (κ1) is 11.0. The zero-order chi connectivity index (χ0) is 10.1. The maximum absolute atomic E-state index is 9.84. The summed E-state index contributed by atoms with van der Waals surface area (Å²) in [6.07, 6.45) is 0. The largest absolute Gasteiger partial charge is 0.486 e. The normalized spacial score (nSPS) is 15.5. The summed E-state index contributed by atoms with van der Waals surface area (Å²) < 4.78 is 5.94. The molecule has 1 unspecified atom stereocenters. The van der Waals surface area contributed by atoms with Crippen molar-refractivity contribution >= 4 is 27.3 Å². The van der Waals surface area contributed by atoms with Crippen LogP contribution in [0.15, 0.2) is 10.5 Å². The second-order valence-corrected chi connectivity index (χ2v) is 4.80. The summed E-state index contributed by atoms with van der Waals surface area (Å²) in [5.41, 5.74) is 4.47. The second-order valence-electron chi connectivity index (χ2n) is 2.93. The minimum absolute atomic E-state index is 0.198. The third-order valence-corrected chi connectivity index (χ3v) is 3.97. The molecule has 0 bridgehead atoms. The Morgan fingerprint density at radius 2 is 2.38 bits per heavy atom. The lowest BCUT2D eigenvalue weighted by Crippen LogP contribution is -2.30. The fraction of sp³-hybridized carbons (Fsp3) is 0.500. The Labute approximate surface area is 89.6 Å². The van der Waals surface area contributed by atoms with E-state index in [1.54, 1.807) is 14.0 Å². The molecule has 0 fully saturated rings. The molecule has 74 valence electrons. The highest BCUT2D eigenvalue weighted by molar-refractivity contribution is 9.10. The predicted octanol–water partition coefficient (Wildman–Crippen LogP) is 1.69. The number of rotatable bonds is 3. The topological polar surface area (TPSA) is 55.5 Å². The quantitative estimate of drug-likeness (QED) is 0.875. The molecule has 3 N–H and O–H groups in total. The summed E-state index contributed by atoms with van der Waals surface area (Å²) in [5.74, 6) is 0. The van der Waals surface area contributed by atoms with Gasteiger partial charge in [0.15, 0.2) is 5.06 Å². The SMILES string of the molecule is COc1sc(C(C)(O)CN)cc1Br. The maximum Gasteiger partial charge on any atom is 0.188 e. The molecular weight excluding hydrogens is 254 g/mol. The molecule has 13 heavy (non-hydrogen) atoms. The van der Waals surface area contributed by atoms with E-state index in [-0.39, 0.29) is 6.54 Å². The molecule has 0 saturated carbocycles. The first-order valence-corrected chi connectivity index (χ1v) is 5.38. The van der Waals surface area contributed by atoms with Gasteiger partial charge in [-0.2, -0.15) is 0 Å². The Bertz CT molecular complexity index is 298. The fourth-order valence-corrected chi connectivity index (χ4v) is 2.56. The van der Waals surface area contributed by atoms with Crippen molar-refractivity contribution < 1.29 is 9.84 Å². The second kappa shape index (κ2) is 3.96. The molecule has 0 aliphatic heterocycles. The molecule has 0 amide bonds. The Morgan fingerprint density at radius 1 is 1.77 bits per heavy atom. The lowest BCUT2D eigenvalue weighted by molar-refractivity contribution is 0.0707. The zero-order valence-corrected chi connectivity index (χ0v) is 9.91. The number of hydrogen-bond donors (Lipinski definition) is 2. The van der Waals surface area contributed by atoms with Crippen molar-refractivity contribution in [2.45, 2.75) is 12.5 Å². The number of halogens is 1. The van der Waals surface area contributed by atoms with Gasteiger partial charge in [-0.1, -0.05) is 11.3 Å². The van der Waals surface area contributed by atoms with Gasteiger partial charge < -0.3 is 15.6 Å². The van der Waals surface area contributed by atoms with Crippen LogP contribution in [0.5, 0.6) is 5.06 Å². The third kappa shape index (κ3) is 2.22. The van der Waals surface area contributed by atoms with Crippen LogP contribution < -0.4 is 10.5 Å². The molecule has 0 radical (unpaired) electrons. The van der Waals surface area contributed by atoms with Crippen LogP contribution in [0.2, 0.25) is 0 Å². The van der Waals surface area contributed by atoms with E-state index in [2.05, 4.69) is 15.9 Å². The lowest BCUT2D eigenvalue weighted by atomic mass is 10.1. The van der Waals surface area contributed by atoms with Gasteiger partial charge in [-0.15, -0.1) is 0 Å². The van der Waals surface area contributed by atoms with E-state index in [0.717, 1.165) is 14.4 Å². The lowest BCUT2D eigenvalue weighted by Gasteiger charge is -2.18. The minimum Gasteiger partial charge on any atom is -0.486 e. The highest BCUT2D eigenvalue weighted by Crippen LogP contribution is 2.39. The van der Waals surface area contributed by atoms with E-state index in [1.165, 1.54) is 11.3 Å². The van der Waals surface area contributed by atoms with Crippen LogP contribution in [0, 0.1) is 0 Å². The third-order valence-electron chi connectivity index (χ3n) is 1.77. The van der Waals surface area contributed by atoms with Crippen LogP contribution >= 0.6 is 27.3 Å². The molecule has 0 spiro atoms. The van der Waals surface area contributed by atoms with Crippen molar-refractivity contribution in [2.75, 3.05) is 13.7 Å². The Morgan fingerprint density at radius 3 is 2.77 bits per heavy atom. The van der Waals surface area contributed by atoms with Gasteiger partial charge in [-0.3, -0.25) is 0 Å². The van der Waals surface area contributed by atoms with Crippen molar-refractivity contribution in [3.63, 3.8) is 0 Å². The minimum atomic E-state index is -0.968. The molecule has 0 saturated heterocycles. The van der Waals surface area contributed by atoms with E-state index in [4.69, 9.17) is 10.5 Å². The van der Waals surface area contributed by atoms with E-state index in [1.807, 2.05) is 6.07 Å². The molecule has 3 nitrogen and oxygen atoms in total. The molecule has 0 aliphatic carbocycles. The average molecular weight is 266 g/mol. The number of thiophene rings is 1. The predicted molar refractivity (Wildman–Crippen MR) is 57.2 cm³/mol. The van der Waals surface area contributed by atoms with E-state index in [0.29, 0.717) is 0 Å². The number of ether oxygens (including phenoxy) is 1. The molecule has 1 rings (SSSR count). The Hall–Kier alpha value is -0.100. The molecule has 0 aliphatic rings. The van der Waals surface area contributed by atoms with Crippen LogP contribution in [-0.4, -0.2) is 18.8 Å². The molecule has 1 atom stereocenters. The van der Waals surface area contributed by atoms with Crippen molar-refractivity contribution in [1.29, 1.82) is 0 Å². The van der Waals surface area contributed by atoms with Gasteiger partial charge >= 0.3 is 0 Å². The van der Waals surface area contributed by atoms with E-state index < -0.39 is 5.60 Å². The highest BCUT2D eigenvalue weighted by atomic mass is 79.9. The van der Waals surface area contributed by atoms with Gasteiger partial charge in [-0.25, -0.2) is 0 Å². The number of methoxy groups -OCH3 is 1. The standard InChI is InChI=1S/C8H12BrNO2S/c1-8(11,4-10)6-3-5(9)7(12-2)13-6/h3,11H,4,10H2,1-2H3. The molecule has 1 heterocycles. The van der Waals surface area contributed by atoms with Gasteiger partial charge in [0, 0.05) is 11.4 Å². The monoisotopic (exact) mass is 265 g/mol. The fourth-order valence-electron chi connectivity index (χ4n) is 0.857. The van der Waals surface area contributed by atoms with E-state index in [9.17, 15) is 5.11 Å². The van der Waals surface area contributed by atoms with Gasteiger partial charge in [-0.05, 0) is 28.9 Å². The first-order valence-electron chi connectivity index (χ1n) is 3.77. The Kier molecular flexibility index (Phi) is 3.34. The van der Waals surface area contributed by atoms with Gasteiger partial charge in [0.05, 0.1) is 11.6 Å². The molecule has 0 aromatic carbocycles. The van der Waals surface area contributed by atoms with Crippen LogP contribution in [0.25, 0.3) is 0 Å². The number of nitrogens with two attached hydrogens (primary N) is 1. The summed E-state index contributed by atoms with van der Waals surface area (Å²) in [6, 6.07) is 1.83. The Balaban J connectivity index is 3.03. The maximum atomic E-state index is 9.84. The summed E-state index contributed by atoms with van der Waals surface area (Å²) in [5, 5.41) is 10.6. The summed E-state index contributed by atoms with van der Waals surface area (Å²) in [7, 11) is 1.59. The van der Waals surface area contributed by atoms with Crippen molar-refractivity contribution in [2.24, 2.45) is 5.73 Å². The zero-order valence-electron chi connectivity index (χ0n) is 7.50. The van der Waals surface area contributed by atoms with Gasteiger partial charge in [0.2, 0.25) is 0 Å².